The molecule has 1 rings (SSSR count). The molecule has 0 amide bonds. The van der Waals surface area contributed by atoms with E-state index in [9.17, 15) is 9.90 Å². The first-order chi connectivity index (χ1) is 7.63. The summed E-state index contributed by atoms with van der Waals surface area (Å²) in [6.45, 7) is 0. The van der Waals surface area contributed by atoms with Gasteiger partial charge in [0.25, 0.3) is 0 Å². The zero-order valence-electron chi connectivity index (χ0n) is 9.39. The normalized spacial score (nSPS) is 11.8. The lowest BCUT2D eigenvalue weighted by Gasteiger charge is -2.12. The van der Waals surface area contributed by atoms with E-state index >= 15 is 0 Å². The fourth-order valence-corrected chi connectivity index (χ4v) is 1.27. The average Bonchev–Trinajstić information content (AvgIpc) is 2.35. The predicted molar refractivity (Wildman–Crippen MR) is 56.5 cm³/mol. The molecule has 0 aliphatic heterocycles. The fourth-order valence-electron chi connectivity index (χ4n) is 1.27. The Hall–Kier alpha value is -1.75. The van der Waals surface area contributed by atoms with E-state index in [1.54, 1.807) is 12.1 Å². The highest BCUT2D eigenvalue weighted by atomic mass is 16.5. The molecule has 0 aliphatic rings. The van der Waals surface area contributed by atoms with Crippen molar-refractivity contribution in [3.63, 3.8) is 0 Å². The maximum absolute atomic E-state index is 11.1. The van der Waals surface area contributed by atoms with Crippen LogP contribution in [0.5, 0.6) is 11.5 Å². The smallest absolute Gasteiger partial charge is 0.339 e. The van der Waals surface area contributed by atoms with Gasteiger partial charge in [0.1, 0.15) is 0 Å². The van der Waals surface area contributed by atoms with Crippen LogP contribution in [-0.4, -0.2) is 32.4 Å². The lowest BCUT2D eigenvalue weighted by atomic mass is 10.1. The minimum Gasteiger partial charge on any atom is -0.493 e. The highest BCUT2D eigenvalue weighted by Crippen LogP contribution is 2.30. The second kappa shape index (κ2) is 5.37. The van der Waals surface area contributed by atoms with Crippen LogP contribution in [0, 0.1) is 0 Å². The molecule has 5 heteroatoms. The van der Waals surface area contributed by atoms with E-state index in [-0.39, 0.29) is 0 Å². The largest absolute Gasteiger partial charge is 0.493 e. The van der Waals surface area contributed by atoms with Gasteiger partial charge in [0.15, 0.2) is 17.6 Å². The standard InChI is InChI=1S/C11H14O5/c1-14-8-5-4-7(6-9(8)15-2)10(12)11(13)16-3/h4-6,10,12H,1-3H3/t10-/m1/s1. The Balaban J connectivity index is 3.03. The van der Waals surface area contributed by atoms with Gasteiger partial charge in [-0.3, -0.25) is 0 Å². The second-order valence-electron chi connectivity index (χ2n) is 3.04. The predicted octanol–water partition coefficient (Wildman–Crippen LogP) is 0.910. The molecule has 0 aromatic heterocycles. The van der Waals surface area contributed by atoms with Crippen molar-refractivity contribution in [2.45, 2.75) is 6.10 Å². The molecule has 0 saturated heterocycles. The Morgan fingerprint density at radius 3 is 2.31 bits per heavy atom. The summed E-state index contributed by atoms with van der Waals surface area (Å²) >= 11 is 0. The molecule has 5 nitrogen and oxygen atoms in total. The summed E-state index contributed by atoms with van der Waals surface area (Å²) in [5.41, 5.74) is 0.393. The van der Waals surface area contributed by atoms with E-state index in [4.69, 9.17) is 9.47 Å². The van der Waals surface area contributed by atoms with Crippen molar-refractivity contribution in [1.29, 1.82) is 0 Å². The van der Waals surface area contributed by atoms with Crippen molar-refractivity contribution in [1.82, 2.24) is 0 Å². The summed E-state index contributed by atoms with van der Waals surface area (Å²) in [5, 5.41) is 9.60. The molecule has 1 N–H and O–H groups in total. The van der Waals surface area contributed by atoms with E-state index in [1.165, 1.54) is 27.4 Å². The molecule has 0 spiro atoms. The number of methoxy groups -OCH3 is 3. The molecular formula is C11H14O5. The van der Waals surface area contributed by atoms with E-state index in [0.717, 1.165) is 0 Å². The molecule has 0 heterocycles. The quantitative estimate of drug-likeness (QED) is 0.773. The van der Waals surface area contributed by atoms with Crippen LogP contribution >= 0.6 is 0 Å². The van der Waals surface area contributed by atoms with Crippen LogP contribution in [0.4, 0.5) is 0 Å². The summed E-state index contributed by atoms with van der Waals surface area (Å²) < 4.78 is 14.5. The first-order valence-electron chi connectivity index (χ1n) is 4.61. The number of carbonyl (C=O) groups is 1. The van der Waals surface area contributed by atoms with Gasteiger partial charge in [-0.05, 0) is 17.7 Å². The monoisotopic (exact) mass is 226 g/mol. The van der Waals surface area contributed by atoms with Crippen LogP contribution in [0.25, 0.3) is 0 Å². The third-order valence-corrected chi connectivity index (χ3v) is 2.15. The zero-order valence-corrected chi connectivity index (χ0v) is 9.39. The Kier molecular flexibility index (Phi) is 4.13. The van der Waals surface area contributed by atoms with Crippen molar-refractivity contribution < 1.29 is 24.1 Å². The van der Waals surface area contributed by atoms with Gasteiger partial charge < -0.3 is 19.3 Å². The SMILES string of the molecule is COC(=O)[C@H](O)c1ccc(OC)c(OC)c1. The Morgan fingerprint density at radius 1 is 1.19 bits per heavy atom. The van der Waals surface area contributed by atoms with Crippen LogP contribution < -0.4 is 9.47 Å². The first-order valence-corrected chi connectivity index (χ1v) is 4.61. The highest BCUT2D eigenvalue weighted by Gasteiger charge is 2.19. The van der Waals surface area contributed by atoms with Crippen molar-refractivity contribution in [2.75, 3.05) is 21.3 Å². The molecule has 16 heavy (non-hydrogen) atoms. The van der Waals surface area contributed by atoms with Gasteiger partial charge in [-0.1, -0.05) is 6.07 Å². The number of carbonyl (C=O) groups excluding carboxylic acids is 1. The molecule has 1 aromatic rings. The van der Waals surface area contributed by atoms with Gasteiger partial charge in [0.05, 0.1) is 21.3 Å². The molecule has 0 aliphatic carbocycles. The fraction of sp³-hybridized carbons (Fsp3) is 0.364. The number of hydrogen-bond donors (Lipinski definition) is 1. The minimum absolute atomic E-state index is 0.393. The van der Waals surface area contributed by atoms with Gasteiger partial charge in [-0.25, -0.2) is 4.79 Å². The highest BCUT2D eigenvalue weighted by molar-refractivity contribution is 5.76. The van der Waals surface area contributed by atoms with Crippen LogP contribution in [0.2, 0.25) is 0 Å². The van der Waals surface area contributed by atoms with Crippen molar-refractivity contribution in [3.05, 3.63) is 23.8 Å². The molecule has 0 fully saturated rings. The van der Waals surface area contributed by atoms with E-state index < -0.39 is 12.1 Å². The van der Waals surface area contributed by atoms with E-state index in [0.29, 0.717) is 17.1 Å². The lowest BCUT2D eigenvalue weighted by Crippen LogP contribution is -2.13. The number of benzene rings is 1. The Morgan fingerprint density at radius 2 is 1.81 bits per heavy atom. The summed E-state index contributed by atoms with van der Waals surface area (Å²) in [4.78, 5) is 11.1. The van der Waals surface area contributed by atoms with E-state index in [1.807, 2.05) is 0 Å². The third kappa shape index (κ3) is 2.43. The summed E-state index contributed by atoms with van der Waals surface area (Å²) in [6.07, 6.45) is -1.31. The molecule has 0 saturated carbocycles. The molecule has 0 unspecified atom stereocenters. The number of esters is 1. The Labute approximate surface area is 93.6 Å². The van der Waals surface area contributed by atoms with Crippen LogP contribution in [0.3, 0.4) is 0 Å². The molecule has 0 bridgehead atoms. The number of aliphatic hydroxyl groups excluding tert-OH is 1. The minimum atomic E-state index is -1.31. The van der Waals surface area contributed by atoms with Gasteiger partial charge >= 0.3 is 5.97 Å². The second-order valence-corrected chi connectivity index (χ2v) is 3.04. The van der Waals surface area contributed by atoms with Crippen molar-refractivity contribution in [3.8, 4) is 11.5 Å². The molecule has 88 valence electrons. The molecule has 1 aromatic carbocycles. The van der Waals surface area contributed by atoms with Crippen molar-refractivity contribution >= 4 is 5.97 Å². The van der Waals surface area contributed by atoms with Gasteiger partial charge in [0, 0.05) is 0 Å². The average molecular weight is 226 g/mol. The van der Waals surface area contributed by atoms with Crippen LogP contribution in [-0.2, 0) is 9.53 Å². The number of ether oxygens (including phenoxy) is 3. The Bertz CT molecular complexity index is 375. The summed E-state index contributed by atoms with van der Waals surface area (Å²) in [5.74, 6) is 0.262. The first kappa shape index (κ1) is 12.3. The molecular weight excluding hydrogens is 212 g/mol. The zero-order chi connectivity index (χ0) is 12.1. The maximum Gasteiger partial charge on any atom is 0.339 e. The number of aliphatic hydroxyl groups is 1. The summed E-state index contributed by atoms with van der Waals surface area (Å²) in [6, 6.07) is 4.71. The van der Waals surface area contributed by atoms with Crippen molar-refractivity contribution in [2.24, 2.45) is 0 Å². The molecule has 1 atom stereocenters. The lowest BCUT2D eigenvalue weighted by molar-refractivity contribution is -0.150. The number of rotatable bonds is 4. The topological polar surface area (TPSA) is 65.0 Å². The summed E-state index contributed by atoms with van der Waals surface area (Å²) in [7, 11) is 4.20. The molecule has 0 radical (unpaired) electrons. The third-order valence-electron chi connectivity index (χ3n) is 2.15. The number of hydrogen-bond acceptors (Lipinski definition) is 5. The van der Waals surface area contributed by atoms with Gasteiger partial charge in [0.2, 0.25) is 0 Å². The van der Waals surface area contributed by atoms with Gasteiger partial charge in [-0.2, -0.15) is 0 Å². The van der Waals surface area contributed by atoms with Gasteiger partial charge in [-0.15, -0.1) is 0 Å². The van der Waals surface area contributed by atoms with Crippen LogP contribution in [0.1, 0.15) is 11.7 Å². The van der Waals surface area contributed by atoms with Crippen LogP contribution in [0.15, 0.2) is 18.2 Å². The maximum atomic E-state index is 11.1. The van der Waals surface area contributed by atoms with E-state index in [2.05, 4.69) is 4.74 Å².